The summed E-state index contributed by atoms with van der Waals surface area (Å²) < 4.78 is 18.9. The summed E-state index contributed by atoms with van der Waals surface area (Å²) in [6.45, 7) is 0.252. The Morgan fingerprint density at radius 2 is 2.38 bits per heavy atom. The first kappa shape index (κ1) is 8.36. The monoisotopic (exact) mass is 158 g/mol. The Hall–Kier alpha value is 0.360. The minimum atomic E-state index is -1.61. The topological polar surface area (TPSA) is 35.5 Å². The molecule has 0 aliphatic rings. The second kappa shape index (κ2) is 5.50. The molecule has 1 atom stereocenters. The van der Waals surface area contributed by atoms with Gasteiger partial charge < -0.3 is 0 Å². The second-order valence-electron chi connectivity index (χ2n) is 0.882. The zero-order valence-electron chi connectivity index (χ0n) is 4.43. The zero-order valence-corrected chi connectivity index (χ0v) is 6.00. The van der Waals surface area contributed by atoms with Crippen molar-refractivity contribution in [3.63, 3.8) is 0 Å². The molecule has 0 saturated heterocycles. The van der Waals surface area contributed by atoms with Gasteiger partial charge in [-0.25, -0.2) is 0 Å². The van der Waals surface area contributed by atoms with Crippen LogP contribution in [0.4, 0.5) is 0 Å². The van der Waals surface area contributed by atoms with Crippen molar-refractivity contribution in [3.8, 4) is 0 Å². The molecule has 0 aromatic carbocycles. The average Bonchev–Trinajstić information content (AvgIpc) is 1.83. The number of rotatable bonds is 4. The number of halogens is 1. The van der Waals surface area contributed by atoms with Gasteiger partial charge in [0.15, 0.2) is 0 Å². The lowest BCUT2D eigenvalue weighted by Crippen LogP contribution is -2.00. The summed E-state index contributed by atoms with van der Waals surface area (Å²) in [7, 11) is 1.30. The van der Waals surface area contributed by atoms with E-state index in [1.54, 1.807) is 0 Å². The highest BCUT2D eigenvalue weighted by molar-refractivity contribution is 7.75. The van der Waals surface area contributed by atoms with Gasteiger partial charge in [-0.15, -0.1) is 11.6 Å². The summed E-state index contributed by atoms with van der Waals surface area (Å²) in [6.07, 6.45) is 0. The second-order valence-corrected chi connectivity index (χ2v) is 2.24. The standard InChI is InChI=1S/C3H7ClO3S/c1-6-8(5)7-3-2-4/h2-3H2,1H3. The highest BCUT2D eigenvalue weighted by atomic mass is 35.5. The third-order valence-corrected chi connectivity index (χ3v) is 1.18. The largest absolute Gasteiger partial charge is 0.304 e. The van der Waals surface area contributed by atoms with Crippen LogP contribution in [0.1, 0.15) is 0 Å². The van der Waals surface area contributed by atoms with Crippen molar-refractivity contribution < 1.29 is 12.6 Å². The Bertz CT molecular complexity index is 76.9. The molecule has 0 heterocycles. The molecule has 0 N–H and O–H groups in total. The fourth-order valence-corrected chi connectivity index (χ4v) is 0.632. The predicted octanol–water partition coefficient (Wildman–Crippen LogP) is 0.467. The molecule has 0 aromatic rings. The molecule has 0 spiro atoms. The Morgan fingerprint density at radius 3 is 2.75 bits per heavy atom. The minimum absolute atomic E-state index is 0.252. The first-order valence-corrected chi connectivity index (χ1v) is 3.50. The molecule has 0 saturated carbocycles. The molecule has 0 aliphatic carbocycles. The van der Waals surface area contributed by atoms with Crippen molar-refractivity contribution >= 4 is 23.0 Å². The molecule has 0 aromatic heterocycles. The highest BCUT2D eigenvalue weighted by Gasteiger charge is 1.92. The van der Waals surface area contributed by atoms with Crippen molar-refractivity contribution in [1.29, 1.82) is 0 Å². The zero-order chi connectivity index (χ0) is 6.41. The van der Waals surface area contributed by atoms with Gasteiger partial charge in [0.05, 0.1) is 13.7 Å². The molecular weight excluding hydrogens is 152 g/mol. The molecule has 0 radical (unpaired) electrons. The van der Waals surface area contributed by atoms with Crippen molar-refractivity contribution in [2.75, 3.05) is 19.6 Å². The smallest absolute Gasteiger partial charge is 0.272 e. The number of hydrogen-bond acceptors (Lipinski definition) is 3. The maximum atomic E-state index is 10.2. The average molecular weight is 159 g/mol. The number of hydrogen-bond donors (Lipinski definition) is 0. The van der Waals surface area contributed by atoms with Crippen molar-refractivity contribution in [2.45, 2.75) is 0 Å². The van der Waals surface area contributed by atoms with Gasteiger partial charge in [0.2, 0.25) is 0 Å². The molecular formula is C3H7ClO3S. The van der Waals surface area contributed by atoms with Crippen molar-refractivity contribution in [2.24, 2.45) is 0 Å². The van der Waals surface area contributed by atoms with E-state index in [0.29, 0.717) is 5.88 Å². The molecule has 0 aliphatic heterocycles. The highest BCUT2D eigenvalue weighted by Crippen LogP contribution is 1.85. The van der Waals surface area contributed by atoms with Crippen LogP contribution in [0.25, 0.3) is 0 Å². The maximum absolute atomic E-state index is 10.2. The third kappa shape index (κ3) is 4.52. The molecule has 0 rings (SSSR count). The Balaban J connectivity index is 2.99. The van der Waals surface area contributed by atoms with Gasteiger partial charge in [0.25, 0.3) is 0 Å². The molecule has 3 nitrogen and oxygen atoms in total. The fourth-order valence-electron chi connectivity index (χ4n) is 0.148. The van der Waals surface area contributed by atoms with Gasteiger partial charge in [0, 0.05) is 5.88 Å². The van der Waals surface area contributed by atoms with Crippen molar-refractivity contribution in [1.82, 2.24) is 0 Å². The summed E-state index contributed by atoms with van der Waals surface area (Å²) >= 11 is 3.58. The molecule has 0 amide bonds. The molecule has 1 unspecified atom stereocenters. The predicted molar refractivity (Wildman–Crippen MR) is 31.8 cm³/mol. The lowest BCUT2D eigenvalue weighted by atomic mass is 10.9. The van der Waals surface area contributed by atoms with E-state index in [0.717, 1.165) is 0 Å². The first-order valence-electron chi connectivity index (χ1n) is 1.96. The molecule has 50 valence electrons. The van der Waals surface area contributed by atoms with Crippen LogP contribution >= 0.6 is 11.6 Å². The number of alkyl halides is 1. The Labute approximate surface area is 55.8 Å². The van der Waals surface area contributed by atoms with E-state index < -0.39 is 11.4 Å². The van der Waals surface area contributed by atoms with Gasteiger partial charge in [0.1, 0.15) is 0 Å². The normalized spacial score (nSPS) is 13.8. The Morgan fingerprint density at radius 1 is 1.75 bits per heavy atom. The van der Waals surface area contributed by atoms with E-state index in [1.807, 2.05) is 0 Å². The van der Waals surface area contributed by atoms with Gasteiger partial charge in [-0.2, -0.15) is 4.21 Å². The van der Waals surface area contributed by atoms with Gasteiger partial charge in [-0.05, 0) is 0 Å². The van der Waals surface area contributed by atoms with Crippen LogP contribution in [0.2, 0.25) is 0 Å². The lowest BCUT2D eigenvalue weighted by molar-refractivity contribution is 0.297. The summed E-state index contributed by atoms with van der Waals surface area (Å²) in [5.41, 5.74) is 0. The third-order valence-electron chi connectivity index (χ3n) is 0.393. The molecule has 8 heavy (non-hydrogen) atoms. The molecule has 5 heteroatoms. The van der Waals surface area contributed by atoms with Crippen molar-refractivity contribution in [3.05, 3.63) is 0 Å². The van der Waals surface area contributed by atoms with Crippen LogP contribution in [0.5, 0.6) is 0 Å². The molecule has 0 bridgehead atoms. The van der Waals surface area contributed by atoms with E-state index in [1.165, 1.54) is 7.11 Å². The van der Waals surface area contributed by atoms with Crippen LogP contribution < -0.4 is 0 Å². The summed E-state index contributed by atoms with van der Waals surface area (Å²) in [5, 5.41) is 0. The van der Waals surface area contributed by atoms with E-state index in [9.17, 15) is 4.21 Å². The van der Waals surface area contributed by atoms with Gasteiger partial charge in [-0.1, -0.05) is 0 Å². The van der Waals surface area contributed by atoms with E-state index in [2.05, 4.69) is 8.37 Å². The summed E-state index contributed by atoms with van der Waals surface area (Å²) in [4.78, 5) is 0. The van der Waals surface area contributed by atoms with E-state index in [-0.39, 0.29) is 6.61 Å². The molecule has 0 fully saturated rings. The SMILES string of the molecule is COS(=O)OCCCl. The Kier molecular flexibility index (Phi) is 5.74. The van der Waals surface area contributed by atoms with Crippen LogP contribution in [0.3, 0.4) is 0 Å². The van der Waals surface area contributed by atoms with Crippen LogP contribution in [-0.4, -0.2) is 23.8 Å². The van der Waals surface area contributed by atoms with Crippen LogP contribution in [0, 0.1) is 0 Å². The first-order chi connectivity index (χ1) is 3.81. The van der Waals surface area contributed by atoms with E-state index in [4.69, 9.17) is 11.6 Å². The quantitative estimate of drug-likeness (QED) is 0.558. The van der Waals surface area contributed by atoms with Gasteiger partial charge in [-0.3, -0.25) is 8.37 Å². The fraction of sp³-hybridized carbons (Fsp3) is 1.00. The summed E-state index contributed by atoms with van der Waals surface area (Å²) in [6, 6.07) is 0. The van der Waals surface area contributed by atoms with Crippen LogP contribution in [-0.2, 0) is 19.7 Å². The summed E-state index contributed by atoms with van der Waals surface area (Å²) in [5.74, 6) is 0.328. The maximum Gasteiger partial charge on any atom is 0.304 e. The van der Waals surface area contributed by atoms with Crippen LogP contribution in [0.15, 0.2) is 0 Å². The van der Waals surface area contributed by atoms with E-state index >= 15 is 0 Å². The lowest BCUT2D eigenvalue weighted by Gasteiger charge is -1.94. The van der Waals surface area contributed by atoms with Gasteiger partial charge >= 0.3 is 11.4 Å². The minimum Gasteiger partial charge on any atom is -0.272 e.